The summed E-state index contributed by atoms with van der Waals surface area (Å²) in [4.78, 5) is 22.0. The van der Waals surface area contributed by atoms with Crippen LogP contribution >= 0.6 is 0 Å². The van der Waals surface area contributed by atoms with Gasteiger partial charge in [-0.05, 0) is 13.8 Å². The van der Waals surface area contributed by atoms with E-state index in [9.17, 15) is 20.0 Å². The van der Waals surface area contributed by atoms with E-state index >= 15 is 0 Å². The van der Waals surface area contributed by atoms with Crippen molar-refractivity contribution >= 4 is 11.6 Å². The highest BCUT2D eigenvalue weighted by molar-refractivity contribution is 5.93. The molecule has 1 aromatic rings. The molecule has 1 aromatic heterocycles. The topological polar surface area (TPSA) is 118 Å². The van der Waals surface area contributed by atoms with E-state index in [1.54, 1.807) is 6.92 Å². The highest BCUT2D eigenvalue weighted by atomic mass is 16.6. The number of aromatic nitrogens is 1. The third-order valence-corrected chi connectivity index (χ3v) is 2.64. The standard InChI is InChI=1S/C11H17N3O5/c1-3-13-5-8(14(18)19)4-9(13)10(16)12-6-11(2,17)7-15/h4-5,15,17H,3,6-7H2,1-2H3,(H,12,16). The van der Waals surface area contributed by atoms with E-state index in [0.717, 1.165) is 0 Å². The van der Waals surface area contributed by atoms with Crippen molar-refractivity contribution in [1.29, 1.82) is 0 Å². The number of aryl methyl sites for hydroxylation is 1. The van der Waals surface area contributed by atoms with E-state index in [1.807, 2.05) is 0 Å². The lowest BCUT2D eigenvalue weighted by Gasteiger charge is -2.20. The van der Waals surface area contributed by atoms with Gasteiger partial charge in [0.05, 0.1) is 17.7 Å². The Labute approximate surface area is 109 Å². The van der Waals surface area contributed by atoms with Crippen LogP contribution in [0.5, 0.6) is 0 Å². The third-order valence-electron chi connectivity index (χ3n) is 2.64. The molecule has 0 saturated heterocycles. The van der Waals surface area contributed by atoms with Crippen LogP contribution in [0.3, 0.4) is 0 Å². The highest BCUT2D eigenvalue weighted by Gasteiger charge is 2.23. The third kappa shape index (κ3) is 3.76. The molecule has 8 nitrogen and oxygen atoms in total. The fraction of sp³-hybridized carbons (Fsp3) is 0.545. The Morgan fingerprint density at radius 2 is 2.26 bits per heavy atom. The van der Waals surface area contributed by atoms with Gasteiger partial charge in [0.15, 0.2) is 0 Å². The molecule has 1 unspecified atom stereocenters. The maximum Gasteiger partial charge on any atom is 0.287 e. The molecular weight excluding hydrogens is 254 g/mol. The molecule has 0 spiro atoms. The first-order chi connectivity index (χ1) is 8.80. The number of carbonyl (C=O) groups excluding carboxylic acids is 1. The summed E-state index contributed by atoms with van der Waals surface area (Å²) in [5.74, 6) is -0.538. The van der Waals surface area contributed by atoms with Crippen LogP contribution < -0.4 is 5.32 Å². The molecule has 0 aliphatic heterocycles. The average Bonchev–Trinajstić information content (AvgIpc) is 2.80. The van der Waals surface area contributed by atoms with Gasteiger partial charge < -0.3 is 20.1 Å². The van der Waals surface area contributed by atoms with Crippen molar-refractivity contribution in [2.75, 3.05) is 13.2 Å². The van der Waals surface area contributed by atoms with Crippen LogP contribution in [0.25, 0.3) is 0 Å². The Bertz CT molecular complexity index is 481. The van der Waals surface area contributed by atoms with Crippen molar-refractivity contribution in [2.24, 2.45) is 0 Å². The number of nitrogens with one attached hydrogen (secondary N) is 1. The molecule has 1 amide bonds. The molecule has 0 saturated carbocycles. The van der Waals surface area contributed by atoms with E-state index in [4.69, 9.17) is 5.11 Å². The zero-order valence-electron chi connectivity index (χ0n) is 10.8. The van der Waals surface area contributed by atoms with Crippen molar-refractivity contribution in [3.05, 3.63) is 28.1 Å². The van der Waals surface area contributed by atoms with E-state index in [2.05, 4.69) is 5.32 Å². The molecule has 1 atom stereocenters. The maximum atomic E-state index is 11.9. The van der Waals surface area contributed by atoms with Gasteiger partial charge >= 0.3 is 0 Å². The predicted octanol–water partition coefficient (Wildman–Crippen LogP) is -0.111. The van der Waals surface area contributed by atoms with Crippen LogP contribution in [0, 0.1) is 10.1 Å². The summed E-state index contributed by atoms with van der Waals surface area (Å²) in [5.41, 5.74) is -1.45. The van der Waals surface area contributed by atoms with Crippen LogP contribution in [0.15, 0.2) is 12.3 Å². The van der Waals surface area contributed by atoms with Gasteiger partial charge in [0, 0.05) is 19.2 Å². The van der Waals surface area contributed by atoms with Gasteiger partial charge in [-0.2, -0.15) is 0 Å². The second-order valence-corrected chi connectivity index (χ2v) is 4.46. The number of hydrogen-bond donors (Lipinski definition) is 3. The van der Waals surface area contributed by atoms with Crippen LogP contribution in [-0.2, 0) is 6.54 Å². The van der Waals surface area contributed by atoms with E-state index in [-0.39, 0.29) is 17.9 Å². The van der Waals surface area contributed by atoms with Gasteiger partial charge in [-0.15, -0.1) is 0 Å². The number of rotatable bonds is 6. The lowest BCUT2D eigenvalue weighted by atomic mass is 10.1. The van der Waals surface area contributed by atoms with Gasteiger partial charge in [0.25, 0.3) is 11.6 Å². The number of hydrogen-bond acceptors (Lipinski definition) is 5. The Morgan fingerprint density at radius 1 is 1.63 bits per heavy atom. The van der Waals surface area contributed by atoms with Crippen molar-refractivity contribution in [1.82, 2.24) is 9.88 Å². The van der Waals surface area contributed by atoms with Crippen molar-refractivity contribution in [3.63, 3.8) is 0 Å². The number of nitro groups is 1. The minimum Gasteiger partial charge on any atom is -0.393 e. The van der Waals surface area contributed by atoms with Crippen molar-refractivity contribution in [3.8, 4) is 0 Å². The summed E-state index contributed by atoms with van der Waals surface area (Å²) in [6.07, 6.45) is 1.28. The van der Waals surface area contributed by atoms with Crippen LogP contribution in [-0.4, -0.2) is 44.4 Å². The molecule has 106 valence electrons. The Kier molecular flexibility index (Phi) is 4.62. The summed E-state index contributed by atoms with van der Waals surface area (Å²) in [6, 6.07) is 1.17. The van der Waals surface area contributed by atoms with Crippen molar-refractivity contribution < 1.29 is 19.9 Å². The second kappa shape index (κ2) is 5.81. The Balaban J connectivity index is 2.84. The van der Waals surface area contributed by atoms with Crippen LogP contribution in [0.1, 0.15) is 24.3 Å². The van der Waals surface area contributed by atoms with Gasteiger partial charge in [-0.1, -0.05) is 0 Å². The van der Waals surface area contributed by atoms with E-state index in [0.29, 0.717) is 6.54 Å². The summed E-state index contributed by atoms with van der Waals surface area (Å²) in [5, 5.41) is 31.5. The molecule has 19 heavy (non-hydrogen) atoms. The normalized spacial score (nSPS) is 13.9. The smallest absolute Gasteiger partial charge is 0.287 e. The first-order valence-corrected chi connectivity index (χ1v) is 5.76. The fourth-order valence-electron chi connectivity index (χ4n) is 1.46. The molecule has 0 fully saturated rings. The zero-order chi connectivity index (χ0) is 14.6. The first-order valence-electron chi connectivity index (χ1n) is 5.76. The molecule has 1 rings (SSSR count). The SMILES string of the molecule is CCn1cc([N+](=O)[O-])cc1C(=O)NCC(C)(O)CO. The molecular formula is C11H17N3O5. The second-order valence-electron chi connectivity index (χ2n) is 4.46. The molecule has 8 heteroatoms. The average molecular weight is 271 g/mol. The molecule has 0 bridgehead atoms. The number of aliphatic hydroxyl groups is 2. The first kappa shape index (κ1) is 15.1. The Hall–Kier alpha value is -1.93. The molecule has 0 aliphatic rings. The maximum absolute atomic E-state index is 11.9. The molecule has 0 aromatic carbocycles. The molecule has 3 N–H and O–H groups in total. The lowest BCUT2D eigenvalue weighted by Crippen LogP contribution is -2.43. The largest absolute Gasteiger partial charge is 0.393 e. The molecule has 0 aliphatic carbocycles. The number of carbonyl (C=O) groups is 1. The predicted molar refractivity (Wildman–Crippen MR) is 66.8 cm³/mol. The number of nitrogens with zero attached hydrogens (tertiary/aromatic N) is 2. The van der Waals surface area contributed by atoms with Crippen molar-refractivity contribution in [2.45, 2.75) is 26.0 Å². The molecule has 1 heterocycles. The van der Waals surface area contributed by atoms with Gasteiger partial charge in [-0.25, -0.2) is 0 Å². The number of aliphatic hydroxyl groups excluding tert-OH is 1. The highest BCUT2D eigenvalue weighted by Crippen LogP contribution is 2.16. The van der Waals surface area contributed by atoms with Crippen LogP contribution in [0.2, 0.25) is 0 Å². The summed E-state index contributed by atoms with van der Waals surface area (Å²) >= 11 is 0. The quantitative estimate of drug-likeness (QED) is 0.493. The monoisotopic (exact) mass is 271 g/mol. The minimum atomic E-state index is -1.43. The van der Waals surface area contributed by atoms with Crippen LogP contribution in [0.4, 0.5) is 5.69 Å². The van der Waals surface area contributed by atoms with E-state index in [1.165, 1.54) is 23.8 Å². The summed E-state index contributed by atoms with van der Waals surface area (Å²) in [7, 11) is 0. The van der Waals surface area contributed by atoms with Gasteiger partial charge in [0.1, 0.15) is 11.3 Å². The van der Waals surface area contributed by atoms with E-state index < -0.39 is 23.0 Å². The fourth-order valence-corrected chi connectivity index (χ4v) is 1.46. The minimum absolute atomic E-state index is 0.142. The lowest BCUT2D eigenvalue weighted by molar-refractivity contribution is -0.384. The number of amides is 1. The van der Waals surface area contributed by atoms with Gasteiger partial charge in [0.2, 0.25) is 0 Å². The molecule has 0 radical (unpaired) electrons. The summed E-state index contributed by atoms with van der Waals surface area (Å²) < 4.78 is 1.45. The van der Waals surface area contributed by atoms with Gasteiger partial charge in [-0.3, -0.25) is 14.9 Å². The summed E-state index contributed by atoms with van der Waals surface area (Å²) in [6.45, 7) is 2.89. The zero-order valence-corrected chi connectivity index (χ0v) is 10.8. The Morgan fingerprint density at radius 3 is 2.74 bits per heavy atom.